The van der Waals surface area contributed by atoms with Crippen LogP contribution >= 0.6 is 0 Å². The summed E-state index contributed by atoms with van der Waals surface area (Å²) in [6, 6.07) is 18.7. The Labute approximate surface area is 142 Å². The fourth-order valence-corrected chi connectivity index (χ4v) is 2.65. The van der Waals surface area contributed by atoms with E-state index in [1.54, 1.807) is 0 Å². The Hall–Kier alpha value is -1.19. The molecule has 1 unspecified atom stereocenters. The zero-order valence-corrected chi connectivity index (χ0v) is 13.7. The van der Waals surface area contributed by atoms with Crippen molar-refractivity contribution in [3.8, 4) is 0 Å². The molecule has 0 fully saturated rings. The first-order valence-corrected chi connectivity index (χ1v) is 7.05. The van der Waals surface area contributed by atoms with Gasteiger partial charge in [0.15, 0.2) is 0 Å². The maximum absolute atomic E-state index is 5.77. The normalized spacial score (nSPS) is 20.1. The Morgan fingerprint density at radius 3 is 2.24 bits per heavy atom. The molecule has 0 aromatic heterocycles. The van der Waals surface area contributed by atoms with Gasteiger partial charge in [0.2, 0.25) is 0 Å². The van der Waals surface area contributed by atoms with Crippen LogP contribution < -0.4 is 5.32 Å². The zero-order valence-electron chi connectivity index (χ0n) is 11.9. The Morgan fingerprint density at radius 2 is 1.57 bits per heavy atom. The second kappa shape index (κ2) is 6.29. The van der Waals surface area contributed by atoms with Crippen LogP contribution in [0.4, 0.5) is 5.69 Å². The fourth-order valence-electron chi connectivity index (χ4n) is 2.43. The topological polar surface area (TPSA) is 15.3 Å². The van der Waals surface area contributed by atoms with Gasteiger partial charge in [0, 0.05) is 11.3 Å². The molecule has 0 spiro atoms. The van der Waals surface area contributed by atoms with E-state index < -0.39 is 4.99 Å². The van der Waals surface area contributed by atoms with Crippen molar-refractivity contribution >= 4 is 23.9 Å². The average molecular weight is 345 g/mol. The van der Waals surface area contributed by atoms with E-state index in [2.05, 4.69) is 53.9 Å². The molecular formula is C17H17CuN2S. The van der Waals surface area contributed by atoms with Gasteiger partial charge in [-0.15, -0.1) is 0 Å². The number of likely N-dealkylation sites (N-methyl/N-ethyl adjacent to an activating group) is 1. The van der Waals surface area contributed by atoms with Crippen LogP contribution in [0.15, 0.2) is 60.7 Å². The molecule has 0 saturated heterocycles. The third kappa shape index (κ3) is 3.04. The second-order valence-electron chi connectivity index (χ2n) is 5.19. The number of benzene rings is 2. The van der Waals surface area contributed by atoms with Gasteiger partial charge in [-0.2, -0.15) is 0 Å². The Kier molecular flexibility index (Phi) is 4.84. The minimum Gasteiger partial charge on any atom is -0.745 e. The smallest absolute Gasteiger partial charge is 0.745 e. The van der Waals surface area contributed by atoms with E-state index in [1.165, 1.54) is 16.7 Å². The fraction of sp³-hybridized carbons (Fsp3) is 0.176. The number of fused-ring (bicyclic) bond motifs is 1. The van der Waals surface area contributed by atoms with Gasteiger partial charge >= 0.3 is 17.1 Å². The van der Waals surface area contributed by atoms with Gasteiger partial charge in [0.05, 0.1) is 0 Å². The van der Waals surface area contributed by atoms with E-state index >= 15 is 0 Å². The van der Waals surface area contributed by atoms with E-state index in [0.717, 1.165) is 5.69 Å². The molecule has 112 valence electrons. The summed E-state index contributed by atoms with van der Waals surface area (Å²) in [5.41, 5.74) is 4.65. The van der Waals surface area contributed by atoms with Crippen molar-refractivity contribution in [2.24, 2.45) is 0 Å². The molecule has 1 heterocycles. The number of rotatable bonds is 2. The predicted octanol–water partition coefficient (Wildman–Crippen LogP) is 3.30. The summed E-state index contributed by atoms with van der Waals surface area (Å²) in [6.07, 6.45) is 2.12. The maximum atomic E-state index is 5.77. The SMILES string of the molecule is CN(C)C1([S-])C=C(c2ccccc2)c2ccccc2N1.[Cu+]. The molecule has 0 amide bonds. The monoisotopic (exact) mass is 344 g/mol. The van der Waals surface area contributed by atoms with Gasteiger partial charge < -0.3 is 22.8 Å². The van der Waals surface area contributed by atoms with Crippen molar-refractivity contribution in [2.45, 2.75) is 4.99 Å². The molecule has 0 bridgehead atoms. The molecule has 2 nitrogen and oxygen atoms in total. The maximum Gasteiger partial charge on any atom is 1.00 e. The molecule has 2 aromatic carbocycles. The van der Waals surface area contributed by atoms with Gasteiger partial charge in [0.25, 0.3) is 0 Å². The largest absolute Gasteiger partial charge is 1.00 e. The van der Waals surface area contributed by atoms with Crippen molar-refractivity contribution in [1.29, 1.82) is 0 Å². The van der Waals surface area contributed by atoms with Crippen molar-refractivity contribution in [3.05, 3.63) is 71.8 Å². The van der Waals surface area contributed by atoms with Crippen LogP contribution in [0.3, 0.4) is 0 Å². The third-order valence-corrected chi connectivity index (χ3v) is 4.21. The molecule has 21 heavy (non-hydrogen) atoms. The van der Waals surface area contributed by atoms with E-state index in [1.807, 2.05) is 31.1 Å². The van der Waals surface area contributed by atoms with Crippen LogP contribution in [0.25, 0.3) is 5.57 Å². The van der Waals surface area contributed by atoms with Gasteiger partial charge in [-0.1, -0.05) is 54.6 Å². The molecule has 1 aliphatic rings. The van der Waals surface area contributed by atoms with Crippen LogP contribution in [-0.4, -0.2) is 24.0 Å². The number of para-hydroxylation sites is 1. The van der Waals surface area contributed by atoms with Crippen LogP contribution in [0.1, 0.15) is 11.1 Å². The second-order valence-corrected chi connectivity index (χ2v) is 5.81. The molecule has 0 aliphatic carbocycles. The van der Waals surface area contributed by atoms with Crippen LogP contribution in [-0.2, 0) is 29.7 Å². The molecule has 0 saturated carbocycles. The first kappa shape index (κ1) is 16.2. The van der Waals surface area contributed by atoms with Gasteiger partial charge in [-0.05, 0) is 36.3 Å². The first-order chi connectivity index (χ1) is 9.60. The van der Waals surface area contributed by atoms with Crippen LogP contribution in [0.2, 0.25) is 0 Å². The molecule has 0 radical (unpaired) electrons. The summed E-state index contributed by atoms with van der Waals surface area (Å²) < 4.78 is 0. The Morgan fingerprint density at radius 1 is 0.952 bits per heavy atom. The Balaban J connectivity index is 0.00000161. The molecule has 1 N–H and O–H groups in total. The standard InChI is InChI=1S/C17H18N2S.Cu/c1-19(2)17(20)12-15(13-8-4-3-5-9-13)14-10-6-7-11-16(14)18-17;/h3-12,18,20H,1-2H3;/q;+1/p-1. The van der Waals surface area contributed by atoms with E-state index in [4.69, 9.17) is 12.6 Å². The minimum absolute atomic E-state index is 0. The molecule has 2 aromatic rings. The number of hydrogen-bond donors (Lipinski definition) is 1. The van der Waals surface area contributed by atoms with Gasteiger partial charge in [-0.25, -0.2) is 0 Å². The molecule has 4 heteroatoms. The summed E-state index contributed by atoms with van der Waals surface area (Å²) in [7, 11) is 3.99. The summed E-state index contributed by atoms with van der Waals surface area (Å²) >= 11 is 5.77. The van der Waals surface area contributed by atoms with Gasteiger partial charge in [0.1, 0.15) is 0 Å². The van der Waals surface area contributed by atoms with Crippen LogP contribution in [0.5, 0.6) is 0 Å². The number of nitrogens with zero attached hydrogens (tertiary/aromatic N) is 1. The van der Waals surface area contributed by atoms with Crippen molar-refractivity contribution in [3.63, 3.8) is 0 Å². The summed E-state index contributed by atoms with van der Waals surface area (Å²) in [4.78, 5) is 1.42. The van der Waals surface area contributed by atoms with Gasteiger partial charge in [-0.3, -0.25) is 0 Å². The minimum atomic E-state index is -0.598. The number of nitrogens with one attached hydrogen (secondary N) is 1. The number of anilines is 1. The molecule has 1 atom stereocenters. The summed E-state index contributed by atoms with van der Waals surface area (Å²) in [5, 5.41) is 3.44. The zero-order chi connectivity index (χ0) is 14.2. The molecule has 3 rings (SSSR count). The van der Waals surface area contributed by atoms with Crippen molar-refractivity contribution in [2.75, 3.05) is 19.4 Å². The predicted molar refractivity (Wildman–Crippen MR) is 87.4 cm³/mol. The summed E-state index contributed by atoms with van der Waals surface area (Å²) in [5.74, 6) is 0. The Bertz CT molecular complexity index is 655. The number of hydrogen-bond acceptors (Lipinski definition) is 3. The molecule has 1 aliphatic heterocycles. The van der Waals surface area contributed by atoms with E-state index in [9.17, 15) is 0 Å². The quantitative estimate of drug-likeness (QED) is 0.664. The van der Waals surface area contributed by atoms with E-state index in [-0.39, 0.29) is 17.1 Å². The third-order valence-electron chi connectivity index (χ3n) is 3.62. The molecular weight excluding hydrogens is 328 g/mol. The average Bonchev–Trinajstić information content (AvgIpc) is 2.47. The van der Waals surface area contributed by atoms with Crippen molar-refractivity contribution < 1.29 is 17.1 Å². The van der Waals surface area contributed by atoms with Crippen LogP contribution in [0, 0.1) is 0 Å². The summed E-state index contributed by atoms with van der Waals surface area (Å²) in [6.45, 7) is 0. The first-order valence-electron chi connectivity index (χ1n) is 6.64. The van der Waals surface area contributed by atoms with E-state index in [0.29, 0.717) is 0 Å². The van der Waals surface area contributed by atoms with Crippen molar-refractivity contribution in [1.82, 2.24) is 4.90 Å².